The number of aromatic nitrogens is 1. The van der Waals surface area contributed by atoms with E-state index in [1.165, 1.54) is 12.3 Å². The summed E-state index contributed by atoms with van der Waals surface area (Å²) in [6, 6.07) is 4.90. The molecule has 10 heteroatoms. The van der Waals surface area contributed by atoms with E-state index in [1.807, 2.05) is 0 Å². The quantitative estimate of drug-likeness (QED) is 0.422. The molecule has 0 radical (unpaired) electrons. The van der Waals surface area contributed by atoms with Crippen LogP contribution in [0.1, 0.15) is 40.0 Å². The van der Waals surface area contributed by atoms with Crippen LogP contribution in [0.3, 0.4) is 0 Å². The number of halogens is 3. The number of azide groups is 1. The van der Waals surface area contributed by atoms with Gasteiger partial charge in [0.1, 0.15) is 0 Å². The Kier molecular flexibility index (Phi) is 6.05. The predicted octanol–water partition coefficient (Wildman–Crippen LogP) is 5.20. The Balaban J connectivity index is 1.87. The van der Waals surface area contributed by atoms with E-state index in [1.54, 1.807) is 13.0 Å². The van der Waals surface area contributed by atoms with Crippen LogP contribution in [0.5, 0.6) is 0 Å². The molecule has 1 aliphatic rings. The number of carbonyl (C=O) groups is 1. The molecule has 1 saturated heterocycles. The topological polar surface area (TPSA) is 94.0 Å². The van der Waals surface area contributed by atoms with E-state index in [0.717, 1.165) is 38.1 Å². The number of aryl methyl sites for hydroxylation is 1. The van der Waals surface area contributed by atoms with Crippen molar-refractivity contribution in [1.29, 1.82) is 0 Å². The molecule has 2 aromatic rings. The number of likely N-dealkylation sites (tertiary alicyclic amines) is 1. The Morgan fingerprint density at radius 3 is 2.66 bits per heavy atom. The average molecular weight is 404 g/mol. The third-order valence-electron chi connectivity index (χ3n) is 4.66. The molecular weight excluding hydrogens is 385 g/mol. The largest absolute Gasteiger partial charge is 0.416 e. The average Bonchev–Trinajstić information content (AvgIpc) is 3.15. The number of amides is 1. The van der Waals surface area contributed by atoms with Gasteiger partial charge >= 0.3 is 6.18 Å². The fourth-order valence-corrected chi connectivity index (χ4v) is 3.22. The summed E-state index contributed by atoms with van der Waals surface area (Å²) in [5.74, 6) is -0.640. The van der Waals surface area contributed by atoms with Crippen molar-refractivity contribution < 1.29 is 18.0 Å². The second kappa shape index (κ2) is 8.50. The van der Waals surface area contributed by atoms with Crippen LogP contribution in [-0.4, -0.2) is 28.9 Å². The van der Waals surface area contributed by atoms with Crippen LogP contribution in [0, 0.1) is 6.92 Å². The first-order valence-corrected chi connectivity index (χ1v) is 9.03. The van der Waals surface area contributed by atoms with Crippen LogP contribution in [0.2, 0.25) is 0 Å². The number of anilines is 1. The van der Waals surface area contributed by atoms with Gasteiger partial charge in [0.25, 0.3) is 5.91 Å². The van der Waals surface area contributed by atoms with E-state index in [2.05, 4.69) is 25.2 Å². The van der Waals surface area contributed by atoms with E-state index in [9.17, 15) is 18.0 Å². The van der Waals surface area contributed by atoms with Crippen LogP contribution >= 0.6 is 0 Å². The highest BCUT2D eigenvalue weighted by Crippen LogP contribution is 2.33. The maximum atomic E-state index is 13.3. The Bertz CT molecular complexity index is 963. The maximum absolute atomic E-state index is 13.3. The van der Waals surface area contributed by atoms with Crippen molar-refractivity contribution in [2.24, 2.45) is 5.11 Å². The number of carbonyl (C=O) groups excluding carboxylic acids is 1. The van der Waals surface area contributed by atoms with Crippen LogP contribution in [-0.2, 0) is 12.7 Å². The number of rotatable bonds is 5. The van der Waals surface area contributed by atoms with Gasteiger partial charge in [0, 0.05) is 29.0 Å². The van der Waals surface area contributed by atoms with E-state index in [0.29, 0.717) is 17.8 Å². The fraction of sp³-hybridized carbons (Fsp3) is 0.368. The molecule has 7 nitrogen and oxygen atoms in total. The minimum Gasteiger partial charge on any atom is -0.322 e. The monoisotopic (exact) mass is 404 g/mol. The van der Waals surface area contributed by atoms with Gasteiger partial charge in [-0.15, -0.1) is 0 Å². The molecule has 0 saturated carbocycles. The smallest absolute Gasteiger partial charge is 0.322 e. The number of benzene rings is 1. The zero-order valence-electron chi connectivity index (χ0n) is 15.7. The van der Waals surface area contributed by atoms with Crippen molar-refractivity contribution in [3.05, 3.63) is 63.3 Å². The first kappa shape index (κ1) is 20.6. The zero-order valence-corrected chi connectivity index (χ0v) is 15.7. The lowest BCUT2D eigenvalue weighted by atomic mass is 10.1. The SMILES string of the molecule is Cc1ncc(C(=O)Nc2cc(CN3CCCC3)cc(C(F)(F)F)c2)cc1N=[N+]=[N-]. The van der Waals surface area contributed by atoms with Crippen molar-refractivity contribution in [1.82, 2.24) is 9.88 Å². The lowest BCUT2D eigenvalue weighted by Gasteiger charge is -2.18. The van der Waals surface area contributed by atoms with E-state index in [-0.39, 0.29) is 16.9 Å². The lowest BCUT2D eigenvalue weighted by Crippen LogP contribution is -2.19. The molecule has 152 valence electrons. The van der Waals surface area contributed by atoms with Gasteiger partial charge in [-0.05, 0) is 68.2 Å². The summed E-state index contributed by atoms with van der Waals surface area (Å²) in [4.78, 5) is 21.3. The molecule has 1 N–H and O–H groups in total. The van der Waals surface area contributed by atoms with E-state index >= 15 is 0 Å². The Morgan fingerprint density at radius 1 is 1.28 bits per heavy atom. The van der Waals surface area contributed by atoms with Crippen molar-refractivity contribution in [2.45, 2.75) is 32.5 Å². The van der Waals surface area contributed by atoms with Gasteiger partial charge in [-0.2, -0.15) is 13.2 Å². The van der Waals surface area contributed by atoms with Crippen LogP contribution in [0.25, 0.3) is 10.4 Å². The number of pyridine rings is 1. The molecule has 1 aromatic carbocycles. The normalized spacial score (nSPS) is 14.5. The molecule has 1 fully saturated rings. The molecule has 3 rings (SSSR count). The van der Waals surface area contributed by atoms with Gasteiger partial charge < -0.3 is 5.32 Å². The molecular formula is C19H19F3N6O. The summed E-state index contributed by atoms with van der Waals surface area (Å²) in [6.45, 7) is 3.69. The first-order chi connectivity index (χ1) is 13.8. The van der Waals surface area contributed by atoms with E-state index < -0.39 is 17.6 Å². The fourth-order valence-electron chi connectivity index (χ4n) is 3.22. The molecule has 1 amide bonds. The van der Waals surface area contributed by atoms with Gasteiger partial charge in [0.05, 0.1) is 16.8 Å². The Morgan fingerprint density at radius 2 is 2.00 bits per heavy atom. The molecule has 1 aromatic heterocycles. The molecule has 0 bridgehead atoms. The molecule has 0 unspecified atom stereocenters. The van der Waals surface area contributed by atoms with Gasteiger partial charge in [-0.3, -0.25) is 14.7 Å². The van der Waals surface area contributed by atoms with Crippen LogP contribution < -0.4 is 5.32 Å². The van der Waals surface area contributed by atoms with Crippen LogP contribution in [0.15, 0.2) is 35.6 Å². The maximum Gasteiger partial charge on any atom is 0.416 e. The first-order valence-electron chi connectivity index (χ1n) is 9.03. The molecule has 0 spiro atoms. The molecule has 29 heavy (non-hydrogen) atoms. The number of nitrogens with one attached hydrogen (secondary N) is 1. The van der Waals surface area contributed by atoms with Gasteiger partial charge in [-0.1, -0.05) is 5.11 Å². The number of nitrogens with zero attached hydrogens (tertiary/aromatic N) is 5. The second-order valence-electron chi connectivity index (χ2n) is 6.87. The molecule has 1 aliphatic heterocycles. The van der Waals surface area contributed by atoms with Gasteiger partial charge in [0.2, 0.25) is 0 Å². The second-order valence-corrected chi connectivity index (χ2v) is 6.87. The standard InChI is InChI=1S/C19H19F3N6O/c1-12-17(26-27-23)8-14(10-24-12)18(29)25-16-7-13(11-28-4-2-3-5-28)6-15(9-16)19(20,21)22/h6-10H,2-5,11H2,1H3,(H,25,29). The number of hydrogen-bond acceptors (Lipinski definition) is 4. The van der Waals surface area contributed by atoms with Gasteiger partial charge in [0.15, 0.2) is 0 Å². The summed E-state index contributed by atoms with van der Waals surface area (Å²) in [6.07, 6.45) is -1.20. The zero-order chi connectivity index (χ0) is 21.0. The van der Waals surface area contributed by atoms with Crippen molar-refractivity contribution >= 4 is 17.3 Å². The van der Waals surface area contributed by atoms with Gasteiger partial charge in [-0.25, -0.2) is 0 Å². The predicted molar refractivity (Wildman–Crippen MR) is 102 cm³/mol. The minimum absolute atomic E-state index is 0.0462. The third-order valence-corrected chi connectivity index (χ3v) is 4.66. The highest BCUT2D eigenvalue weighted by molar-refractivity contribution is 6.04. The highest BCUT2D eigenvalue weighted by Gasteiger charge is 2.31. The Labute approximate surface area is 165 Å². The lowest BCUT2D eigenvalue weighted by molar-refractivity contribution is -0.137. The van der Waals surface area contributed by atoms with Crippen molar-refractivity contribution in [2.75, 3.05) is 18.4 Å². The van der Waals surface area contributed by atoms with Crippen LogP contribution in [0.4, 0.5) is 24.5 Å². The summed E-state index contributed by atoms with van der Waals surface area (Å²) in [5, 5.41) is 5.95. The third kappa shape index (κ3) is 5.24. The Hall–Kier alpha value is -3.10. The molecule has 2 heterocycles. The molecule has 0 atom stereocenters. The van der Waals surface area contributed by atoms with Crippen molar-refractivity contribution in [3.63, 3.8) is 0 Å². The van der Waals surface area contributed by atoms with Crippen molar-refractivity contribution in [3.8, 4) is 0 Å². The highest BCUT2D eigenvalue weighted by atomic mass is 19.4. The number of hydrogen-bond donors (Lipinski definition) is 1. The summed E-state index contributed by atoms with van der Waals surface area (Å²) in [7, 11) is 0. The number of alkyl halides is 3. The summed E-state index contributed by atoms with van der Waals surface area (Å²) < 4.78 is 40.0. The summed E-state index contributed by atoms with van der Waals surface area (Å²) >= 11 is 0. The van der Waals surface area contributed by atoms with E-state index in [4.69, 9.17) is 5.53 Å². The minimum atomic E-state index is -4.53. The molecule has 0 aliphatic carbocycles. The summed E-state index contributed by atoms with van der Waals surface area (Å²) in [5.41, 5.74) is 8.99.